The second-order valence-corrected chi connectivity index (χ2v) is 6.41. The van der Waals surface area contributed by atoms with Crippen molar-refractivity contribution in [2.24, 2.45) is 0 Å². The van der Waals surface area contributed by atoms with Crippen LogP contribution in [0.4, 0.5) is 10.1 Å². The summed E-state index contributed by atoms with van der Waals surface area (Å²) in [6.45, 7) is 0.381. The largest absolute Gasteiger partial charge is 0.465 e. The monoisotopic (exact) mass is 381 g/mol. The molecule has 28 heavy (non-hydrogen) atoms. The lowest BCUT2D eigenvalue weighted by molar-refractivity contribution is -0.117. The van der Waals surface area contributed by atoms with Crippen molar-refractivity contribution in [1.82, 2.24) is 10.1 Å². The van der Waals surface area contributed by atoms with E-state index in [1.807, 2.05) is 0 Å². The van der Waals surface area contributed by atoms with Crippen molar-refractivity contribution >= 4 is 17.6 Å². The zero-order valence-electron chi connectivity index (χ0n) is 15.0. The molecule has 1 amide bonds. The van der Waals surface area contributed by atoms with E-state index in [4.69, 9.17) is 9.26 Å². The van der Waals surface area contributed by atoms with E-state index in [1.54, 1.807) is 41.3 Å². The molecule has 2 aromatic carbocycles. The Hall–Kier alpha value is -3.55. The fraction of sp³-hybridized carbons (Fsp3) is 0.200. The number of nitrogens with zero attached hydrogens (tertiary/aromatic N) is 3. The van der Waals surface area contributed by atoms with E-state index >= 15 is 0 Å². The van der Waals surface area contributed by atoms with Gasteiger partial charge in [0.2, 0.25) is 5.91 Å². The van der Waals surface area contributed by atoms with Crippen LogP contribution in [-0.2, 0) is 9.53 Å². The number of amides is 1. The summed E-state index contributed by atoms with van der Waals surface area (Å²) < 4.78 is 23.2. The van der Waals surface area contributed by atoms with E-state index in [0.717, 1.165) is 0 Å². The standard InChI is InChI=1S/C20H16FN3O4/c1-27-20(26)13-4-2-3-12(9-13)19-22-18(23-28-19)14-10-17(25)24(11-14)16-7-5-15(21)6-8-16/h2-9,14H,10-11H2,1H3/t14-/m0/s1. The molecular formula is C20H16FN3O4. The summed E-state index contributed by atoms with van der Waals surface area (Å²) in [5.74, 6) is -0.471. The Labute approximate surface area is 159 Å². The van der Waals surface area contributed by atoms with Crippen molar-refractivity contribution in [3.8, 4) is 11.5 Å². The second-order valence-electron chi connectivity index (χ2n) is 6.41. The number of benzene rings is 2. The van der Waals surface area contributed by atoms with Gasteiger partial charge in [0.05, 0.1) is 12.7 Å². The molecule has 0 unspecified atom stereocenters. The minimum atomic E-state index is -0.460. The predicted molar refractivity (Wildman–Crippen MR) is 97.2 cm³/mol. The predicted octanol–water partition coefficient (Wildman–Crippen LogP) is 3.18. The number of ether oxygens (including phenoxy) is 1. The fourth-order valence-electron chi connectivity index (χ4n) is 3.17. The van der Waals surface area contributed by atoms with Crippen LogP contribution < -0.4 is 4.90 Å². The van der Waals surface area contributed by atoms with Crippen LogP contribution in [-0.4, -0.2) is 35.7 Å². The molecule has 0 saturated carbocycles. The summed E-state index contributed by atoms with van der Waals surface area (Å²) >= 11 is 0. The first-order chi connectivity index (χ1) is 13.5. The average molecular weight is 381 g/mol. The van der Waals surface area contributed by atoms with E-state index in [0.29, 0.717) is 29.2 Å². The van der Waals surface area contributed by atoms with Gasteiger partial charge in [-0.1, -0.05) is 11.2 Å². The zero-order valence-corrected chi connectivity index (χ0v) is 15.0. The fourth-order valence-corrected chi connectivity index (χ4v) is 3.17. The molecule has 142 valence electrons. The number of methoxy groups -OCH3 is 1. The van der Waals surface area contributed by atoms with Gasteiger partial charge in [0, 0.05) is 30.1 Å². The molecule has 0 N–H and O–H groups in total. The number of halogens is 1. The summed E-state index contributed by atoms with van der Waals surface area (Å²) in [5.41, 5.74) is 1.59. The molecule has 0 bridgehead atoms. The van der Waals surface area contributed by atoms with Gasteiger partial charge in [-0.05, 0) is 42.5 Å². The van der Waals surface area contributed by atoms with Gasteiger partial charge in [-0.3, -0.25) is 4.79 Å². The SMILES string of the molecule is COC(=O)c1cccc(-c2nc([C@H]3CC(=O)N(c4ccc(F)cc4)C3)no2)c1. The third-order valence-electron chi connectivity index (χ3n) is 4.60. The van der Waals surface area contributed by atoms with Gasteiger partial charge in [-0.2, -0.15) is 4.98 Å². The van der Waals surface area contributed by atoms with Crippen molar-refractivity contribution in [3.05, 3.63) is 65.7 Å². The number of aromatic nitrogens is 2. The van der Waals surface area contributed by atoms with E-state index in [9.17, 15) is 14.0 Å². The molecule has 1 aromatic heterocycles. The summed E-state index contributed by atoms with van der Waals surface area (Å²) in [5, 5.41) is 4.00. The quantitative estimate of drug-likeness (QED) is 0.645. The molecular weight excluding hydrogens is 365 g/mol. The van der Waals surface area contributed by atoms with Crippen LogP contribution >= 0.6 is 0 Å². The number of hydrogen-bond acceptors (Lipinski definition) is 6. The van der Waals surface area contributed by atoms with Crippen LogP contribution in [0.3, 0.4) is 0 Å². The van der Waals surface area contributed by atoms with Gasteiger partial charge in [0.15, 0.2) is 5.82 Å². The molecule has 0 aliphatic carbocycles. The van der Waals surface area contributed by atoms with Crippen LogP contribution in [0.1, 0.15) is 28.5 Å². The summed E-state index contributed by atoms with van der Waals surface area (Å²) in [4.78, 5) is 30.0. The normalized spacial score (nSPS) is 16.4. The molecule has 8 heteroatoms. The molecule has 1 aliphatic rings. The van der Waals surface area contributed by atoms with Crippen molar-refractivity contribution in [1.29, 1.82) is 0 Å². The highest BCUT2D eigenvalue weighted by molar-refractivity contribution is 5.96. The topological polar surface area (TPSA) is 85.5 Å². The van der Waals surface area contributed by atoms with Crippen molar-refractivity contribution in [2.75, 3.05) is 18.6 Å². The molecule has 3 aromatic rings. The van der Waals surface area contributed by atoms with Crippen LogP contribution in [0.15, 0.2) is 53.1 Å². The lowest BCUT2D eigenvalue weighted by atomic mass is 10.1. The number of hydrogen-bond donors (Lipinski definition) is 0. The minimum absolute atomic E-state index is 0.0874. The Balaban J connectivity index is 1.54. The number of rotatable bonds is 4. The molecule has 2 heterocycles. The van der Waals surface area contributed by atoms with Gasteiger partial charge in [-0.25, -0.2) is 9.18 Å². The first-order valence-corrected chi connectivity index (χ1v) is 8.63. The van der Waals surface area contributed by atoms with Crippen molar-refractivity contribution < 1.29 is 23.2 Å². The van der Waals surface area contributed by atoms with Gasteiger partial charge in [-0.15, -0.1) is 0 Å². The zero-order chi connectivity index (χ0) is 19.7. The Morgan fingerprint density at radius 2 is 2.04 bits per heavy atom. The van der Waals surface area contributed by atoms with E-state index in [2.05, 4.69) is 10.1 Å². The highest BCUT2D eigenvalue weighted by atomic mass is 19.1. The first-order valence-electron chi connectivity index (χ1n) is 8.63. The highest BCUT2D eigenvalue weighted by Crippen LogP contribution is 2.31. The number of anilines is 1. The van der Waals surface area contributed by atoms with E-state index in [-0.39, 0.29) is 30.0 Å². The smallest absolute Gasteiger partial charge is 0.337 e. The third-order valence-corrected chi connectivity index (χ3v) is 4.60. The number of carbonyl (C=O) groups excluding carboxylic acids is 2. The molecule has 0 radical (unpaired) electrons. The van der Waals surface area contributed by atoms with Gasteiger partial charge in [0.1, 0.15) is 5.82 Å². The Morgan fingerprint density at radius 3 is 2.79 bits per heavy atom. The molecule has 1 aliphatic heterocycles. The molecule has 4 rings (SSSR count). The maximum Gasteiger partial charge on any atom is 0.337 e. The Morgan fingerprint density at radius 1 is 1.25 bits per heavy atom. The lowest BCUT2D eigenvalue weighted by Crippen LogP contribution is -2.24. The van der Waals surface area contributed by atoms with Crippen molar-refractivity contribution in [2.45, 2.75) is 12.3 Å². The van der Waals surface area contributed by atoms with Gasteiger partial charge >= 0.3 is 5.97 Å². The molecule has 1 atom stereocenters. The number of esters is 1. The van der Waals surface area contributed by atoms with E-state index in [1.165, 1.54) is 19.2 Å². The minimum Gasteiger partial charge on any atom is -0.465 e. The van der Waals surface area contributed by atoms with Gasteiger partial charge < -0.3 is 14.2 Å². The maximum absolute atomic E-state index is 13.1. The Kier molecular flexibility index (Phi) is 4.60. The lowest BCUT2D eigenvalue weighted by Gasteiger charge is -2.15. The highest BCUT2D eigenvalue weighted by Gasteiger charge is 2.34. The average Bonchev–Trinajstić information content (AvgIpc) is 3.35. The molecule has 0 spiro atoms. The molecule has 1 saturated heterocycles. The second kappa shape index (κ2) is 7.22. The summed E-state index contributed by atoms with van der Waals surface area (Å²) in [7, 11) is 1.31. The molecule has 1 fully saturated rings. The number of carbonyl (C=O) groups is 2. The van der Waals surface area contributed by atoms with Crippen LogP contribution in [0.2, 0.25) is 0 Å². The van der Waals surface area contributed by atoms with Gasteiger partial charge in [0.25, 0.3) is 5.89 Å². The molecule has 7 nitrogen and oxygen atoms in total. The van der Waals surface area contributed by atoms with Crippen LogP contribution in [0, 0.1) is 5.82 Å². The van der Waals surface area contributed by atoms with Crippen molar-refractivity contribution in [3.63, 3.8) is 0 Å². The maximum atomic E-state index is 13.1. The summed E-state index contributed by atoms with van der Waals surface area (Å²) in [6.07, 6.45) is 0.235. The first kappa shape index (κ1) is 17.8. The van der Waals surface area contributed by atoms with E-state index < -0.39 is 5.97 Å². The summed E-state index contributed by atoms with van der Waals surface area (Å²) in [6, 6.07) is 12.4. The third kappa shape index (κ3) is 3.36. The van der Waals surface area contributed by atoms with Crippen LogP contribution in [0.5, 0.6) is 0 Å². The van der Waals surface area contributed by atoms with Crippen LogP contribution in [0.25, 0.3) is 11.5 Å². The Bertz CT molecular complexity index is 1030.